The van der Waals surface area contributed by atoms with E-state index in [2.05, 4.69) is 15.5 Å². The summed E-state index contributed by atoms with van der Waals surface area (Å²) >= 11 is 1.07. The van der Waals surface area contributed by atoms with E-state index >= 15 is 0 Å². The van der Waals surface area contributed by atoms with Crippen molar-refractivity contribution in [2.24, 2.45) is 5.73 Å². The molecule has 10 heteroatoms. The molecule has 9 nitrogen and oxygen atoms in total. The van der Waals surface area contributed by atoms with E-state index in [0.29, 0.717) is 17.5 Å². The average Bonchev–Trinajstić information content (AvgIpc) is 3.27. The minimum Gasteiger partial charge on any atom is -0.464 e. The monoisotopic (exact) mass is 453 g/mol. The Bertz CT molecular complexity index is 1070. The van der Waals surface area contributed by atoms with E-state index in [1.165, 1.54) is 0 Å². The third kappa shape index (κ3) is 6.42. The molecule has 1 heterocycles. The number of hydrogen-bond acceptors (Lipinski definition) is 8. The molecule has 0 saturated heterocycles. The lowest BCUT2D eigenvalue weighted by molar-refractivity contribution is -0.147. The van der Waals surface area contributed by atoms with Crippen LogP contribution in [0.1, 0.15) is 18.1 Å². The van der Waals surface area contributed by atoms with Crippen LogP contribution in [0.5, 0.6) is 0 Å². The molecule has 0 fully saturated rings. The minimum absolute atomic E-state index is 0.00436. The highest BCUT2D eigenvalue weighted by molar-refractivity contribution is 7.99. The van der Waals surface area contributed by atoms with Crippen molar-refractivity contribution in [3.63, 3.8) is 0 Å². The average molecular weight is 454 g/mol. The van der Waals surface area contributed by atoms with Crippen LogP contribution in [0, 0.1) is 5.41 Å². The van der Waals surface area contributed by atoms with Crippen LogP contribution in [0.2, 0.25) is 0 Å². The Morgan fingerprint density at radius 1 is 1.16 bits per heavy atom. The molecule has 4 N–H and O–H groups in total. The summed E-state index contributed by atoms with van der Waals surface area (Å²) in [6.07, 6.45) is 0.330. The number of carbonyl (C=O) groups excluding carboxylic acids is 2. The molecule has 32 heavy (non-hydrogen) atoms. The molecule has 1 atom stereocenters. The van der Waals surface area contributed by atoms with Crippen molar-refractivity contribution in [2.75, 3.05) is 12.4 Å². The second kappa shape index (κ2) is 11.1. The molecule has 0 radical (unpaired) electrons. The highest BCUT2D eigenvalue weighted by Gasteiger charge is 2.23. The fourth-order valence-corrected chi connectivity index (χ4v) is 3.40. The van der Waals surface area contributed by atoms with Gasteiger partial charge in [0.15, 0.2) is 0 Å². The number of nitrogens with one attached hydrogen (secondary N) is 2. The number of nitrogens with two attached hydrogens (primary N) is 1. The Balaban J connectivity index is 1.58. The molecule has 0 spiro atoms. The van der Waals surface area contributed by atoms with Crippen LogP contribution < -0.4 is 11.1 Å². The Kier molecular flexibility index (Phi) is 7.98. The van der Waals surface area contributed by atoms with Gasteiger partial charge in [0, 0.05) is 17.5 Å². The maximum atomic E-state index is 12.4. The number of hydrogen-bond donors (Lipinski definition) is 3. The van der Waals surface area contributed by atoms with Gasteiger partial charge < -0.3 is 20.2 Å². The first-order chi connectivity index (χ1) is 15.5. The van der Waals surface area contributed by atoms with Crippen LogP contribution >= 0.6 is 11.8 Å². The van der Waals surface area contributed by atoms with Gasteiger partial charge in [-0.05, 0) is 24.6 Å². The Morgan fingerprint density at radius 3 is 2.53 bits per heavy atom. The number of nitrogens with zero attached hydrogens (tertiary/aromatic N) is 2. The van der Waals surface area contributed by atoms with Crippen LogP contribution in [-0.4, -0.2) is 46.3 Å². The fraction of sp³-hybridized carbons (Fsp3) is 0.227. The van der Waals surface area contributed by atoms with Crippen molar-refractivity contribution in [1.82, 2.24) is 15.5 Å². The largest absolute Gasteiger partial charge is 0.464 e. The summed E-state index contributed by atoms with van der Waals surface area (Å²) in [6, 6.07) is 15.4. The van der Waals surface area contributed by atoms with Gasteiger partial charge in [0.25, 0.3) is 5.22 Å². The van der Waals surface area contributed by atoms with E-state index in [4.69, 9.17) is 20.3 Å². The number of rotatable bonds is 10. The summed E-state index contributed by atoms with van der Waals surface area (Å²) in [5, 5.41) is 18.3. The summed E-state index contributed by atoms with van der Waals surface area (Å²) in [5.41, 5.74) is 7.62. The molecule has 0 aliphatic heterocycles. The van der Waals surface area contributed by atoms with Gasteiger partial charge in [0.05, 0.1) is 12.4 Å². The summed E-state index contributed by atoms with van der Waals surface area (Å²) in [7, 11) is 0. The van der Waals surface area contributed by atoms with E-state index in [0.717, 1.165) is 17.3 Å². The lowest BCUT2D eigenvalue weighted by Gasteiger charge is -2.17. The lowest BCUT2D eigenvalue weighted by Crippen LogP contribution is -2.44. The molecular formula is C22H23N5O4S. The van der Waals surface area contributed by atoms with Gasteiger partial charge in [0.1, 0.15) is 11.9 Å². The standard InChI is InChI=1S/C22H23N5O4S/c1-2-30-21(29)17(12-14-6-4-3-5-7-14)25-18(28)13-32-22-27-26-20(31-22)16-10-8-15(9-11-16)19(23)24/h3-11,17H,2,12-13H2,1H3,(H3,23,24)(H,25,28)/t17-/m0/s1. The van der Waals surface area contributed by atoms with E-state index in [1.54, 1.807) is 31.2 Å². The summed E-state index contributed by atoms with van der Waals surface area (Å²) in [5.74, 6) is -0.581. The van der Waals surface area contributed by atoms with Gasteiger partial charge in [-0.1, -0.05) is 54.2 Å². The molecule has 2 aromatic carbocycles. The topological polar surface area (TPSA) is 144 Å². The van der Waals surface area contributed by atoms with Gasteiger partial charge in [0.2, 0.25) is 11.8 Å². The number of benzene rings is 2. The molecule has 3 rings (SSSR count). The highest BCUT2D eigenvalue weighted by Crippen LogP contribution is 2.23. The number of carbonyl (C=O) groups is 2. The first-order valence-electron chi connectivity index (χ1n) is 9.87. The zero-order valence-corrected chi connectivity index (χ0v) is 18.2. The van der Waals surface area contributed by atoms with E-state index in [9.17, 15) is 9.59 Å². The van der Waals surface area contributed by atoms with E-state index < -0.39 is 12.0 Å². The number of thioether (sulfide) groups is 1. The smallest absolute Gasteiger partial charge is 0.328 e. The second-order valence-corrected chi connectivity index (χ2v) is 7.64. The predicted molar refractivity (Wildman–Crippen MR) is 120 cm³/mol. The zero-order chi connectivity index (χ0) is 22.9. The molecule has 3 aromatic rings. The van der Waals surface area contributed by atoms with Gasteiger partial charge in [-0.3, -0.25) is 10.2 Å². The Hall–Kier alpha value is -3.66. The van der Waals surface area contributed by atoms with Gasteiger partial charge in [-0.25, -0.2) is 4.79 Å². The van der Waals surface area contributed by atoms with Crippen LogP contribution in [0.3, 0.4) is 0 Å². The quantitative estimate of drug-likeness (QED) is 0.184. The summed E-state index contributed by atoms with van der Waals surface area (Å²) in [4.78, 5) is 24.7. The first kappa shape index (κ1) is 23.0. The third-order valence-corrected chi connectivity index (χ3v) is 5.18. The van der Waals surface area contributed by atoms with Crippen molar-refractivity contribution in [1.29, 1.82) is 5.41 Å². The van der Waals surface area contributed by atoms with Crippen molar-refractivity contribution in [3.05, 3.63) is 65.7 Å². The molecule has 1 aromatic heterocycles. The molecule has 0 unspecified atom stereocenters. The van der Waals surface area contributed by atoms with E-state index in [-0.39, 0.29) is 35.2 Å². The number of aromatic nitrogens is 2. The number of ether oxygens (including phenoxy) is 1. The minimum atomic E-state index is -0.788. The first-order valence-corrected chi connectivity index (χ1v) is 10.9. The highest BCUT2D eigenvalue weighted by atomic mass is 32.2. The number of nitrogen functional groups attached to an aromatic ring is 1. The van der Waals surface area contributed by atoms with Crippen molar-refractivity contribution in [2.45, 2.75) is 24.6 Å². The lowest BCUT2D eigenvalue weighted by atomic mass is 10.1. The van der Waals surface area contributed by atoms with Crippen LogP contribution in [0.25, 0.3) is 11.5 Å². The SMILES string of the molecule is CCOC(=O)[C@H](Cc1ccccc1)NC(=O)CSc1nnc(-c2ccc(C(=N)N)cc2)o1. The summed E-state index contributed by atoms with van der Waals surface area (Å²) in [6.45, 7) is 1.95. The van der Waals surface area contributed by atoms with Gasteiger partial charge in [-0.2, -0.15) is 0 Å². The molecule has 166 valence electrons. The van der Waals surface area contributed by atoms with Crippen LogP contribution in [0.15, 0.2) is 64.2 Å². The maximum absolute atomic E-state index is 12.4. The van der Waals surface area contributed by atoms with Crippen LogP contribution in [0.4, 0.5) is 0 Å². The fourth-order valence-electron chi connectivity index (χ4n) is 2.83. The molecular weight excluding hydrogens is 430 g/mol. The molecule has 0 aliphatic rings. The third-order valence-electron chi connectivity index (χ3n) is 4.37. The summed E-state index contributed by atoms with van der Waals surface area (Å²) < 4.78 is 10.7. The number of amidine groups is 1. The molecule has 1 amide bonds. The van der Waals surface area contributed by atoms with E-state index in [1.807, 2.05) is 30.3 Å². The molecule has 0 aliphatic carbocycles. The second-order valence-electron chi connectivity index (χ2n) is 6.71. The zero-order valence-electron chi connectivity index (χ0n) is 17.4. The Labute approximate surface area is 189 Å². The van der Waals surface area contributed by atoms with Gasteiger partial charge >= 0.3 is 5.97 Å². The van der Waals surface area contributed by atoms with Crippen LogP contribution in [-0.2, 0) is 20.7 Å². The van der Waals surface area contributed by atoms with Crippen molar-refractivity contribution < 1.29 is 18.7 Å². The van der Waals surface area contributed by atoms with Crippen molar-refractivity contribution in [3.8, 4) is 11.5 Å². The van der Waals surface area contributed by atoms with Gasteiger partial charge in [-0.15, -0.1) is 10.2 Å². The number of esters is 1. The normalized spacial score (nSPS) is 11.5. The maximum Gasteiger partial charge on any atom is 0.328 e. The molecule has 0 bridgehead atoms. The number of amides is 1. The molecule has 0 saturated carbocycles. The van der Waals surface area contributed by atoms with Crippen molar-refractivity contribution >= 4 is 29.5 Å². The Morgan fingerprint density at radius 2 is 1.88 bits per heavy atom. The predicted octanol–water partition coefficient (Wildman–Crippen LogP) is 2.40.